The molecule has 0 aromatic carbocycles. The summed E-state index contributed by atoms with van der Waals surface area (Å²) in [6.45, 7) is 6.54. The largest absolute Gasteiger partial charge is 0.462 e. The lowest BCUT2D eigenvalue weighted by molar-refractivity contribution is -0.166. The molecule has 0 aromatic heterocycles. The Balaban J connectivity index is 4.21. The van der Waals surface area contributed by atoms with E-state index in [1.54, 1.807) is 0 Å². The lowest BCUT2D eigenvalue weighted by Gasteiger charge is -2.18. The molecule has 0 radical (unpaired) electrons. The van der Waals surface area contributed by atoms with Crippen molar-refractivity contribution in [3.8, 4) is 0 Å². The smallest absolute Gasteiger partial charge is 0.306 e. The van der Waals surface area contributed by atoms with Crippen LogP contribution in [0.15, 0.2) is 48.6 Å². The number of hydrogen-bond acceptors (Lipinski definition) is 6. The number of unbranched alkanes of at least 4 members (excludes halogenated alkanes) is 50. The van der Waals surface area contributed by atoms with E-state index >= 15 is 0 Å². The summed E-state index contributed by atoms with van der Waals surface area (Å²) < 4.78 is 16.9. The average Bonchev–Trinajstić information content (AvgIpc) is 3.49. The molecule has 0 aliphatic rings. The third-order valence-corrected chi connectivity index (χ3v) is 16.9. The topological polar surface area (TPSA) is 78.9 Å². The third-order valence-electron chi connectivity index (χ3n) is 16.9. The molecule has 83 heavy (non-hydrogen) atoms. The van der Waals surface area contributed by atoms with Gasteiger partial charge in [-0.25, -0.2) is 0 Å². The first-order chi connectivity index (χ1) is 41.0. The quantitative estimate of drug-likeness (QED) is 0.0261. The van der Waals surface area contributed by atoms with Crippen LogP contribution in [-0.2, 0) is 28.6 Å². The van der Waals surface area contributed by atoms with E-state index in [0.29, 0.717) is 19.3 Å². The number of ether oxygens (including phenoxy) is 3. The summed E-state index contributed by atoms with van der Waals surface area (Å²) in [6, 6.07) is 0. The molecule has 0 spiro atoms. The number of rotatable bonds is 69. The highest BCUT2D eigenvalue weighted by Crippen LogP contribution is 2.19. The SMILES string of the molecule is CC/C=C\C/C=C\C/C=C\C/C=C\CCC(=O)OCC(COC(=O)CCCCCCCCCCCCCCCCCCCCCCCCCCCCC)OC(=O)CCCCCCCCCCCCCCCCCCCCCCCCCCC. The minimum Gasteiger partial charge on any atom is -0.462 e. The summed E-state index contributed by atoms with van der Waals surface area (Å²) in [7, 11) is 0. The molecule has 0 saturated heterocycles. The van der Waals surface area contributed by atoms with Crippen LogP contribution in [0.3, 0.4) is 0 Å². The number of carbonyl (C=O) groups is 3. The maximum Gasteiger partial charge on any atom is 0.306 e. The Morgan fingerprint density at radius 2 is 0.470 bits per heavy atom. The summed E-state index contributed by atoms with van der Waals surface area (Å²) in [5.41, 5.74) is 0. The van der Waals surface area contributed by atoms with Gasteiger partial charge in [-0.2, -0.15) is 0 Å². The molecule has 6 nitrogen and oxygen atoms in total. The number of esters is 3. The van der Waals surface area contributed by atoms with Crippen molar-refractivity contribution in [2.45, 2.75) is 412 Å². The summed E-state index contributed by atoms with van der Waals surface area (Å²) in [5, 5.41) is 0. The maximum atomic E-state index is 13.0. The van der Waals surface area contributed by atoms with Gasteiger partial charge in [0.05, 0.1) is 0 Å². The second-order valence-corrected chi connectivity index (χ2v) is 25.2. The van der Waals surface area contributed by atoms with Gasteiger partial charge in [0.1, 0.15) is 13.2 Å². The van der Waals surface area contributed by atoms with Crippen molar-refractivity contribution in [2.24, 2.45) is 0 Å². The molecule has 0 N–H and O–H groups in total. The van der Waals surface area contributed by atoms with E-state index in [1.807, 2.05) is 6.08 Å². The molecule has 1 unspecified atom stereocenters. The zero-order valence-corrected chi connectivity index (χ0v) is 56.0. The molecule has 0 fully saturated rings. The van der Waals surface area contributed by atoms with E-state index in [4.69, 9.17) is 14.2 Å². The fourth-order valence-electron chi connectivity index (χ4n) is 11.3. The van der Waals surface area contributed by atoms with Crippen LogP contribution >= 0.6 is 0 Å². The van der Waals surface area contributed by atoms with Crippen LogP contribution in [0.25, 0.3) is 0 Å². The van der Waals surface area contributed by atoms with Gasteiger partial charge in [0.25, 0.3) is 0 Å². The second-order valence-electron chi connectivity index (χ2n) is 25.2. The predicted octanol–water partition coefficient (Wildman–Crippen LogP) is 25.7. The highest BCUT2D eigenvalue weighted by Gasteiger charge is 2.19. The highest BCUT2D eigenvalue weighted by atomic mass is 16.6. The summed E-state index contributed by atoms with van der Waals surface area (Å²) in [4.78, 5) is 38.4. The Hall–Kier alpha value is -2.63. The highest BCUT2D eigenvalue weighted by molar-refractivity contribution is 5.71. The zero-order valence-electron chi connectivity index (χ0n) is 56.0. The fraction of sp³-hybridized carbons (Fsp3) is 0.857. The van der Waals surface area contributed by atoms with Crippen LogP contribution < -0.4 is 0 Å². The fourth-order valence-corrected chi connectivity index (χ4v) is 11.3. The van der Waals surface area contributed by atoms with Crippen LogP contribution in [0.4, 0.5) is 0 Å². The van der Waals surface area contributed by atoms with E-state index in [-0.39, 0.29) is 37.5 Å². The average molecular weight is 1160 g/mol. The van der Waals surface area contributed by atoms with Gasteiger partial charge in [0.15, 0.2) is 6.10 Å². The minimum atomic E-state index is -0.800. The lowest BCUT2D eigenvalue weighted by atomic mass is 10.0. The van der Waals surface area contributed by atoms with Crippen molar-refractivity contribution < 1.29 is 28.6 Å². The summed E-state index contributed by atoms with van der Waals surface area (Å²) in [5.74, 6) is -0.945. The Labute approximate surface area is 518 Å². The first-order valence-electron chi connectivity index (χ1n) is 37.1. The van der Waals surface area contributed by atoms with Crippen LogP contribution in [0.5, 0.6) is 0 Å². The molecule has 0 saturated carbocycles. The van der Waals surface area contributed by atoms with Crippen molar-refractivity contribution >= 4 is 17.9 Å². The van der Waals surface area contributed by atoms with Gasteiger partial charge in [-0.05, 0) is 44.9 Å². The molecule has 0 heterocycles. The van der Waals surface area contributed by atoms with Gasteiger partial charge in [0, 0.05) is 19.3 Å². The first kappa shape index (κ1) is 80.4. The number of hydrogen-bond donors (Lipinski definition) is 0. The van der Waals surface area contributed by atoms with Gasteiger partial charge >= 0.3 is 17.9 Å². The van der Waals surface area contributed by atoms with Gasteiger partial charge in [-0.1, -0.05) is 390 Å². The molecule has 0 aliphatic carbocycles. The van der Waals surface area contributed by atoms with Crippen molar-refractivity contribution in [1.29, 1.82) is 0 Å². The van der Waals surface area contributed by atoms with E-state index < -0.39 is 6.10 Å². The van der Waals surface area contributed by atoms with Crippen molar-refractivity contribution in [3.63, 3.8) is 0 Å². The van der Waals surface area contributed by atoms with Gasteiger partial charge < -0.3 is 14.2 Å². The van der Waals surface area contributed by atoms with E-state index in [9.17, 15) is 14.4 Å². The maximum absolute atomic E-state index is 13.0. The molecule has 6 heteroatoms. The Morgan fingerprint density at radius 3 is 0.735 bits per heavy atom. The molecular weight excluding hydrogens is 1020 g/mol. The molecule has 486 valence electrons. The molecule has 0 aliphatic heterocycles. The summed E-state index contributed by atoms with van der Waals surface area (Å²) >= 11 is 0. The van der Waals surface area contributed by atoms with Crippen molar-refractivity contribution in [2.75, 3.05) is 13.2 Å². The van der Waals surface area contributed by atoms with Gasteiger partial charge in [-0.3, -0.25) is 14.4 Å². The zero-order chi connectivity index (χ0) is 59.9. The van der Waals surface area contributed by atoms with Crippen LogP contribution in [0.2, 0.25) is 0 Å². The van der Waals surface area contributed by atoms with Crippen LogP contribution in [0, 0.1) is 0 Å². The van der Waals surface area contributed by atoms with Gasteiger partial charge in [0.2, 0.25) is 0 Å². The molecule has 0 bridgehead atoms. The Morgan fingerprint density at radius 1 is 0.253 bits per heavy atom. The molecule has 0 amide bonds. The lowest BCUT2D eigenvalue weighted by Crippen LogP contribution is -2.30. The van der Waals surface area contributed by atoms with E-state index in [1.165, 1.54) is 295 Å². The van der Waals surface area contributed by atoms with Crippen LogP contribution in [0.1, 0.15) is 406 Å². The van der Waals surface area contributed by atoms with Crippen LogP contribution in [-0.4, -0.2) is 37.2 Å². The number of allylic oxidation sites excluding steroid dienone is 8. The molecule has 0 aromatic rings. The first-order valence-corrected chi connectivity index (χ1v) is 37.1. The summed E-state index contributed by atoms with van der Waals surface area (Å²) in [6.07, 6.45) is 91.9. The minimum absolute atomic E-state index is 0.0896. The van der Waals surface area contributed by atoms with E-state index in [2.05, 4.69) is 63.3 Å². The molecule has 0 rings (SSSR count). The second kappa shape index (κ2) is 71.8. The predicted molar refractivity (Wildman–Crippen MR) is 362 cm³/mol. The normalized spacial score (nSPS) is 12.3. The van der Waals surface area contributed by atoms with E-state index in [0.717, 1.165) is 64.2 Å². The Bertz CT molecular complexity index is 1430. The number of carbonyl (C=O) groups excluding carboxylic acids is 3. The monoisotopic (exact) mass is 1160 g/mol. The van der Waals surface area contributed by atoms with Crippen molar-refractivity contribution in [1.82, 2.24) is 0 Å². The van der Waals surface area contributed by atoms with Crippen molar-refractivity contribution in [3.05, 3.63) is 48.6 Å². The Kier molecular flexibility index (Phi) is 69.6. The molecule has 1 atom stereocenters. The molecular formula is C77H142O6. The van der Waals surface area contributed by atoms with Gasteiger partial charge in [-0.15, -0.1) is 0 Å². The standard InChI is InChI=1S/C77H142O6/c1-4-7-10-13-16-19-22-25-27-29-31-33-35-37-38-40-41-43-45-47-49-52-55-58-61-64-67-70-76(79)82-73-74(72-81-75(78)69-66-63-60-57-54-51-24-21-18-15-12-9-6-3)83-77(80)71-68-65-62-59-56-53-50-48-46-44-42-39-36-34-32-30-28-26-23-20-17-14-11-8-5-2/h9,12,18,21,51,54,60,63,74H,4-8,10-11,13-17,19-20,22-50,52-53,55-59,61-62,64-73H2,1-3H3/b12-9-,21-18-,54-51-,63-60-. The third kappa shape index (κ3) is 70.0.